The lowest BCUT2D eigenvalue weighted by atomic mass is 9.96. The van der Waals surface area contributed by atoms with E-state index in [0.717, 1.165) is 16.3 Å². The van der Waals surface area contributed by atoms with Gasteiger partial charge in [-0.2, -0.15) is 0 Å². The monoisotopic (exact) mass is 331 g/mol. The molecule has 0 fully saturated rings. The molecule has 3 aromatic carbocycles. The van der Waals surface area contributed by atoms with Crippen molar-refractivity contribution in [3.05, 3.63) is 72.2 Å². The van der Waals surface area contributed by atoms with E-state index in [-0.39, 0.29) is 17.3 Å². The van der Waals surface area contributed by atoms with Gasteiger partial charge < -0.3 is 5.11 Å². The summed E-state index contributed by atoms with van der Waals surface area (Å²) in [4.78, 5) is 4.36. The lowest BCUT2D eigenvalue weighted by Gasteiger charge is -2.12. The maximum Gasteiger partial charge on any atom is 0.157 e. The Morgan fingerprint density at radius 1 is 0.960 bits per heavy atom. The van der Waals surface area contributed by atoms with Gasteiger partial charge in [-0.1, -0.05) is 56.3 Å². The summed E-state index contributed by atoms with van der Waals surface area (Å²) >= 11 is 0. The van der Waals surface area contributed by atoms with E-state index < -0.39 is 0 Å². The molecule has 4 rings (SSSR count). The number of rotatable bonds is 2. The first-order valence-electron chi connectivity index (χ1n) is 8.35. The topological polar surface area (TPSA) is 33.1 Å². The molecule has 0 spiro atoms. The maximum atomic E-state index is 15.3. The summed E-state index contributed by atoms with van der Waals surface area (Å²) in [6, 6.07) is 16.7. The molecule has 1 aromatic heterocycles. The van der Waals surface area contributed by atoms with E-state index in [9.17, 15) is 5.11 Å². The first-order chi connectivity index (χ1) is 12.1. The van der Waals surface area contributed by atoms with E-state index in [2.05, 4.69) is 18.8 Å². The van der Waals surface area contributed by atoms with Gasteiger partial charge in [0, 0.05) is 27.9 Å². The van der Waals surface area contributed by atoms with Gasteiger partial charge >= 0.3 is 0 Å². The standard InChI is InChI=1S/C22H18FNO/c1-13(2)15-9-10-16-12-24-22(21(23)18(16)11-15)17-7-3-5-14-6-4-8-19(25)20(14)17/h3-13,25H,1-2H3. The van der Waals surface area contributed by atoms with Gasteiger partial charge in [-0.25, -0.2) is 4.39 Å². The highest BCUT2D eigenvalue weighted by molar-refractivity contribution is 6.01. The zero-order valence-corrected chi connectivity index (χ0v) is 14.1. The number of aromatic nitrogens is 1. The van der Waals surface area contributed by atoms with Gasteiger partial charge in [-0.3, -0.25) is 4.98 Å². The SMILES string of the molecule is CC(C)c1ccc2cnc(-c3cccc4cccc(O)c34)c(F)c2c1. The molecule has 124 valence electrons. The Morgan fingerprint density at radius 2 is 1.72 bits per heavy atom. The number of fused-ring (bicyclic) bond motifs is 2. The molecule has 0 amide bonds. The number of benzene rings is 3. The Balaban J connectivity index is 2.04. The second-order valence-electron chi connectivity index (χ2n) is 6.60. The van der Waals surface area contributed by atoms with Crippen LogP contribution in [0.5, 0.6) is 5.75 Å². The van der Waals surface area contributed by atoms with Crippen LogP contribution < -0.4 is 0 Å². The van der Waals surface area contributed by atoms with Crippen molar-refractivity contribution >= 4 is 21.5 Å². The summed E-state index contributed by atoms with van der Waals surface area (Å²) in [6.07, 6.45) is 1.69. The first-order valence-corrected chi connectivity index (χ1v) is 8.35. The molecule has 25 heavy (non-hydrogen) atoms. The minimum Gasteiger partial charge on any atom is -0.507 e. The van der Waals surface area contributed by atoms with Crippen LogP contribution >= 0.6 is 0 Å². The summed E-state index contributed by atoms with van der Waals surface area (Å²) in [5.74, 6) is 0.100. The highest BCUT2D eigenvalue weighted by Crippen LogP contribution is 2.36. The Bertz CT molecular complexity index is 1100. The maximum absolute atomic E-state index is 15.3. The lowest BCUT2D eigenvalue weighted by Crippen LogP contribution is -1.94. The molecule has 0 aliphatic rings. The van der Waals surface area contributed by atoms with Crippen LogP contribution in [0.1, 0.15) is 25.3 Å². The van der Waals surface area contributed by atoms with Crippen LogP contribution in [0.15, 0.2) is 60.8 Å². The van der Waals surface area contributed by atoms with Crippen LogP contribution in [0.3, 0.4) is 0 Å². The summed E-state index contributed by atoms with van der Waals surface area (Å²) in [6.45, 7) is 4.17. The summed E-state index contributed by atoms with van der Waals surface area (Å²) in [7, 11) is 0. The minimum atomic E-state index is -0.351. The summed E-state index contributed by atoms with van der Waals surface area (Å²) in [5, 5.41) is 13.1. The van der Waals surface area contributed by atoms with E-state index in [4.69, 9.17) is 0 Å². The fourth-order valence-corrected chi connectivity index (χ4v) is 3.26. The van der Waals surface area contributed by atoms with E-state index in [1.165, 1.54) is 0 Å². The number of phenolic OH excluding ortho intramolecular Hbond substituents is 1. The van der Waals surface area contributed by atoms with Crippen molar-refractivity contribution in [1.82, 2.24) is 4.98 Å². The van der Waals surface area contributed by atoms with Gasteiger partial charge in [0.2, 0.25) is 0 Å². The van der Waals surface area contributed by atoms with Crippen molar-refractivity contribution in [2.75, 3.05) is 0 Å². The van der Waals surface area contributed by atoms with E-state index in [0.29, 0.717) is 22.3 Å². The molecule has 3 heteroatoms. The number of nitrogens with zero attached hydrogens (tertiary/aromatic N) is 1. The molecule has 4 aromatic rings. The highest BCUT2D eigenvalue weighted by Gasteiger charge is 2.16. The third kappa shape index (κ3) is 2.52. The van der Waals surface area contributed by atoms with Crippen LogP contribution in [0.4, 0.5) is 4.39 Å². The molecule has 1 N–H and O–H groups in total. The number of phenols is 1. The molecule has 1 heterocycles. The van der Waals surface area contributed by atoms with Gasteiger partial charge in [0.05, 0.1) is 0 Å². The third-order valence-corrected chi connectivity index (χ3v) is 4.66. The number of hydrogen-bond donors (Lipinski definition) is 1. The molecule has 0 bridgehead atoms. The number of hydrogen-bond acceptors (Lipinski definition) is 2. The van der Waals surface area contributed by atoms with Crippen LogP contribution in [-0.2, 0) is 0 Å². The normalized spacial score (nSPS) is 11.5. The van der Waals surface area contributed by atoms with Crippen LogP contribution in [-0.4, -0.2) is 10.1 Å². The Labute approximate surface area is 145 Å². The largest absolute Gasteiger partial charge is 0.507 e. The van der Waals surface area contributed by atoms with Crippen molar-refractivity contribution in [3.8, 4) is 17.0 Å². The van der Waals surface area contributed by atoms with Crippen LogP contribution in [0.25, 0.3) is 32.8 Å². The predicted octanol–water partition coefficient (Wildman–Crippen LogP) is 6.02. The second kappa shape index (κ2) is 5.85. The van der Waals surface area contributed by atoms with Crippen molar-refractivity contribution in [1.29, 1.82) is 0 Å². The number of aromatic hydroxyl groups is 1. The molecule has 0 aliphatic heterocycles. The molecule has 0 saturated carbocycles. The molecule has 0 radical (unpaired) electrons. The van der Waals surface area contributed by atoms with Crippen molar-refractivity contribution in [3.63, 3.8) is 0 Å². The Hall–Kier alpha value is -2.94. The lowest BCUT2D eigenvalue weighted by molar-refractivity contribution is 0.482. The van der Waals surface area contributed by atoms with Gasteiger partial charge in [0.25, 0.3) is 0 Å². The van der Waals surface area contributed by atoms with E-state index in [1.54, 1.807) is 24.4 Å². The number of pyridine rings is 1. The van der Waals surface area contributed by atoms with Gasteiger partial charge in [0.1, 0.15) is 11.4 Å². The fraction of sp³-hybridized carbons (Fsp3) is 0.136. The van der Waals surface area contributed by atoms with E-state index >= 15 is 4.39 Å². The minimum absolute atomic E-state index is 0.130. The smallest absolute Gasteiger partial charge is 0.157 e. The van der Waals surface area contributed by atoms with E-state index in [1.807, 2.05) is 36.4 Å². The molecular formula is C22H18FNO. The number of halogens is 1. The van der Waals surface area contributed by atoms with Gasteiger partial charge in [-0.05, 0) is 29.0 Å². The first kappa shape index (κ1) is 15.6. The van der Waals surface area contributed by atoms with Crippen LogP contribution in [0.2, 0.25) is 0 Å². The molecule has 0 aliphatic carbocycles. The Kier molecular flexibility index (Phi) is 3.65. The van der Waals surface area contributed by atoms with Crippen LogP contribution in [0, 0.1) is 5.82 Å². The summed E-state index contributed by atoms with van der Waals surface area (Å²) < 4.78 is 15.3. The van der Waals surface area contributed by atoms with Gasteiger partial charge in [-0.15, -0.1) is 0 Å². The average Bonchev–Trinajstić information content (AvgIpc) is 2.62. The summed E-state index contributed by atoms with van der Waals surface area (Å²) in [5.41, 5.74) is 1.95. The molecule has 2 nitrogen and oxygen atoms in total. The Morgan fingerprint density at radius 3 is 2.48 bits per heavy atom. The highest BCUT2D eigenvalue weighted by atomic mass is 19.1. The van der Waals surface area contributed by atoms with Gasteiger partial charge in [0.15, 0.2) is 5.82 Å². The second-order valence-corrected chi connectivity index (χ2v) is 6.60. The zero-order valence-electron chi connectivity index (χ0n) is 14.1. The third-order valence-electron chi connectivity index (χ3n) is 4.66. The average molecular weight is 331 g/mol. The van der Waals surface area contributed by atoms with Crippen molar-refractivity contribution in [2.24, 2.45) is 0 Å². The van der Waals surface area contributed by atoms with Crippen molar-refractivity contribution < 1.29 is 9.50 Å². The molecule has 0 saturated heterocycles. The zero-order chi connectivity index (χ0) is 17.6. The quantitative estimate of drug-likeness (QED) is 0.487. The predicted molar refractivity (Wildman–Crippen MR) is 100 cm³/mol. The molecule has 0 atom stereocenters. The molecule has 0 unspecified atom stereocenters. The molecular weight excluding hydrogens is 313 g/mol. The fourth-order valence-electron chi connectivity index (χ4n) is 3.26. The van der Waals surface area contributed by atoms with Crippen molar-refractivity contribution in [2.45, 2.75) is 19.8 Å².